The molecular weight excluding hydrogens is 272 g/mol. The van der Waals surface area contributed by atoms with E-state index in [4.69, 9.17) is 10.2 Å². The van der Waals surface area contributed by atoms with Crippen LogP contribution in [0.4, 0.5) is 4.79 Å². The highest BCUT2D eigenvalue weighted by Gasteiger charge is 2.31. The van der Waals surface area contributed by atoms with Gasteiger partial charge in [0.05, 0.1) is 5.92 Å². The molecule has 1 saturated heterocycles. The summed E-state index contributed by atoms with van der Waals surface area (Å²) in [7, 11) is 0. The number of nitrogens with zero attached hydrogens (tertiary/aromatic N) is 1. The molecule has 1 heterocycles. The summed E-state index contributed by atoms with van der Waals surface area (Å²) >= 11 is 0. The van der Waals surface area contributed by atoms with Crippen LogP contribution in [0.1, 0.15) is 51.4 Å². The van der Waals surface area contributed by atoms with Crippen molar-refractivity contribution in [2.45, 2.75) is 63.5 Å². The number of likely N-dealkylation sites (tertiary alicyclic amines) is 1. The Hall–Kier alpha value is -1.30. The van der Waals surface area contributed by atoms with Crippen LogP contribution in [0.3, 0.4) is 0 Å². The molecule has 3 atom stereocenters. The smallest absolute Gasteiger partial charge is 0.317 e. The average Bonchev–Trinajstić information content (AvgIpc) is 2.48. The first kappa shape index (κ1) is 16.1. The number of piperidine rings is 1. The molecule has 3 N–H and O–H groups in total. The van der Waals surface area contributed by atoms with E-state index in [2.05, 4.69) is 5.32 Å². The van der Waals surface area contributed by atoms with E-state index in [-0.39, 0.29) is 30.6 Å². The Kier molecular flexibility index (Phi) is 5.85. The van der Waals surface area contributed by atoms with Gasteiger partial charge >= 0.3 is 12.0 Å². The number of rotatable bonds is 4. The third kappa shape index (κ3) is 4.33. The van der Waals surface area contributed by atoms with Crippen molar-refractivity contribution in [2.75, 3.05) is 13.2 Å². The van der Waals surface area contributed by atoms with Gasteiger partial charge in [0.15, 0.2) is 0 Å². The van der Waals surface area contributed by atoms with E-state index in [1.165, 1.54) is 0 Å². The highest BCUT2D eigenvalue weighted by atomic mass is 16.4. The molecule has 0 spiro atoms. The lowest BCUT2D eigenvalue weighted by molar-refractivity contribution is -0.143. The van der Waals surface area contributed by atoms with Gasteiger partial charge in [-0.15, -0.1) is 0 Å². The standard InChI is InChI=1S/C15H26N2O4/c18-9-7-13-6-1-2-8-17(13)15(21)16-12-5-3-4-11(10-12)14(19)20/h11-13,18H,1-10H2,(H,16,21)(H,19,20). The molecular formula is C15H26N2O4. The third-order valence-corrected chi connectivity index (χ3v) is 4.70. The molecule has 0 aromatic heterocycles. The number of hydrogen-bond acceptors (Lipinski definition) is 3. The van der Waals surface area contributed by atoms with Crippen LogP contribution in [0.25, 0.3) is 0 Å². The van der Waals surface area contributed by atoms with Crippen LogP contribution in [-0.2, 0) is 4.79 Å². The molecule has 0 aromatic carbocycles. The topological polar surface area (TPSA) is 89.9 Å². The van der Waals surface area contributed by atoms with Gasteiger partial charge in [0.1, 0.15) is 0 Å². The average molecular weight is 298 g/mol. The number of carboxylic acid groups (broad SMARTS) is 1. The normalized spacial score (nSPS) is 30.0. The molecule has 2 amide bonds. The molecule has 0 aromatic rings. The molecule has 6 nitrogen and oxygen atoms in total. The van der Waals surface area contributed by atoms with Crippen molar-refractivity contribution in [1.82, 2.24) is 10.2 Å². The minimum atomic E-state index is -0.759. The van der Waals surface area contributed by atoms with Gasteiger partial charge in [-0.05, 0) is 44.9 Å². The van der Waals surface area contributed by atoms with E-state index in [9.17, 15) is 9.59 Å². The Morgan fingerprint density at radius 3 is 2.67 bits per heavy atom. The Labute approximate surface area is 125 Å². The maximum atomic E-state index is 12.4. The predicted octanol–water partition coefficient (Wildman–Crippen LogP) is 1.58. The van der Waals surface area contributed by atoms with Crippen LogP contribution < -0.4 is 5.32 Å². The quantitative estimate of drug-likeness (QED) is 0.735. The van der Waals surface area contributed by atoms with Gasteiger partial charge in [0, 0.05) is 25.2 Å². The van der Waals surface area contributed by atoms with E-state index >= 15 is 0 Å². The first-order valence-electron chi connectivity index (χ1n) is 8.02. The van der Waals surface area contributed by atoms with Crippen LogP contribution in [-0.4, -0.2) is 52.3 Å². The van der Waals surface area contributed by atoms with Gasteiger partial charge in [-0.2, -0.15) is 0 Å². The van der Waals surface area contributed by atoms with Crippen LogP contribution in [0.5, 0.6) is 0 Å². The molecule has 1 saturated carbocycles. The molecule has 6 heteroatoms. The molecule has 2 fully saturated rings. The van der Waals surface area contributed by atoms with Crippen molar-refractivity contribution in [2.24, 2.45) is 5.92 Å². The minimum Gasteiger partial charge on any atom is -0.481 e. The monoisotopic (exact) mass is 298 g/mol. The van der Waals surface area contributed by atoms with Crippen LogP contribution in [0, 0.1) is 5.92 Å². The molecule has 21 heavy (non-hydrogen) atoms. The number of carbonyl (C=O) groups excluding carboxylic acids is 1. The summed E-state index contributed by atoms with van der Waals surface area (Å²) in [5.41, 5.74) is 0. The number of hydrogen-bond donors (Lipinski definition) is 3. The number of carbonyl (C=O) groups is 2. The fourth-order valence-electron chi connectivity index (χ4n) is 3.52. The summed E-state index contributed by atoms with van der Waals surface area (Å²) in [6, 6.07) is -0.0177. The van der Waals surface area contributed by atoms with E-state index in [0.717, 1.165) is 38.6 Å². The fraction of sp³-hybridized carbons (Fsp3) is 0.867. The Morgan fingerprint density at radius 2 is 1.95 bits per heavy atom. The van der Waals surface area contributed by atoms with Crippen molar-refractivity contribution >= 4 is 12.0 Å². The minimum absolute atomic E-state index is 0.0379. The van der Waals surface area contributed by atoms with Gasteiger partial charge in [-0.3, -0.25) is 4.79 Å². The second-order valence-corrected chi connectivity index (χ2v) is 6.20. The van der Waals surface area contributed by atoms with Crippen molar-refractivity contribution in [3.63, 3.8) is 0 Å². The largest absolute Gasteiger partial charge is 0.481 e. The second kappa shape index (κ2) is 7.64. The molecule has 1 aliphatic heterocycles. The lowest BCUT2D eigenvalue weighted by atomic mass is 9.86. The summed E-state index contributed by atoms with van der Waals surface area (Å²) in [6.07, 6.45) is 6.59. The lowest BCUT2D eigenvalue weighted by Crippen LogP contribution is -2.52. The Bertz CT molecular complexity index is 373. The van der Waals surface area contributed by atoms with Gasteiger partial charge in [-0.25, -0.2) is 4.79 Å². The zero-order chi connectivity index (χ0) is 15.2. The first-order valence-corrected chi connectivity index (χ1v) is 8.02. The highest BCUT2D eigenvalue weighted by molar-refractivity contribution is 5.75. The number of urea groups is 1. The summed E-state index contributed by atoms with van der Waals surface area (Å²) in [5.74, 6) is -1.09. The molecule has 0 bridgehead atoms. The molecule has 1 aliphatic carbocycles. The molecule has 2 rings (SSSR count). The summed E-state index contributed by atoms with van der Waals surface area (Å²) < 4.78 is 0. The van der Waals surface area contributed by atoms with Gasteiger partial charge in [-0.1, -0.05) is 6.42 Å². The highest BCUT2D eigenvalue weighted by Crippen LogP contribution is 2.25. The molecule has 2 aliphatic rings. The van der Waals surface area contributed by atoms with E-state index in [1.54, 1.807) is 0 Å². The van der Waals surface area contributed by atoms with E-state index in [0.29, 0.717) is 19.3 Å². The fourth-order valence-corrected chi connectivity index (χ4v) is 3.52. The third-order valence-electron chi connectivity index (χ3n) is 4.70. The summed E-state index contributed by atoms with van der Waals surface area (Å²) in [6.45, 7) is 0.824. The van der Waals surface area contributed by atoms with Crippen LogP contribution >= 0.6 is 0 Å². The van der Waals surface area contributed by atoms with Gasteiger partial charge in [0.25, 0.3) is 0 Å². The number of aliphatic hydroxyl groups is 1. The van der Waals surface area contributed by atoms with Gasteiger partial charge < -0.3 is 20.4 Å². The number of aliphatic hydroxyl groups excluding tert-OH is 1. The molecule has 0 radical (unpaired) electrons. The SMILES string of the molecule is O=C(O)C1CCCC(NC(=O)N2CCCCC2CCO)C1. The van der Waals surface area contributed by atoms with E-state index in [1.807, 2.05) is 4.90 Å². The Balaban J connectivity index is 1.88. The summed E-state index contributed by atoms with van der Waals surface area (Å²) in [4.78, 5) is 25.3. The van der Waals surface area contributed by atoms with Crippen molar-refractivity contribution < 1.29 is 19.8 Å². The number of amides is 2. The van der Waals surface area contributed by atoms with Crippen molar-refractivity contribution in [3.8, 4) is 0 Å². The predicted molar refractivity (Wildman–Crippen MR) is 78.0 cm³/mol. The van der Waals surface area contributed by atoms with Crippen LogP contribution in [0.15, 0.2) is 0 Å². The zero-order valence-electron chi connectivity index (χ0n) is 12.5. The second-order valence-electron chi connectivity index (χ2n) is 6.20. The summed E-state index contributed by atoms with van der Waals surface area (Å²) in [5, 5.41) is 21.2. The molecule has 120 valence electrons. The number of carboxylic acids is 1. The Morgan fingerprint density at radius 1 is 1.14 bits per heavy atom. The maximum Gasteiger partial charge on any atom is 0.317 e. The number of nitrogens with one attached hydrogen (secondary N) is 1. The molecule has 3 unspecified atom stereocenters. The van der Waals surface area contributed by atoms with Crippen molar-refractivity contribution in [3.05, 3.63) is 0 Å². The van der Waals surface area contributed by atoms with Crippen LogP contribution in [0.2, 0.25) is 0 Å². The number of aliphatic carboxylic acids is 1. The van der Waals surface area contributed by atoms with E-state index < -0.39 is 5.97 Å². The van der Waals surface area contributed by atoms with Crippen molar-refractivity contribution in [1.29, 1.82) is 0 Å². The zero-order valence-corrected chi connectivity index (χ0v) is 12.5. The maximum absolute atomic E-state index is 12.4. The lowest BCUT2D eigenvalue weighted by Gasteiger charge is -2.37. The first-order chi connectivity index (χ1) is 10.1. The van der Waals surface area contributed by atoms with Gasteiger partial charge in [0.2, 0.25) is 0 Å².